The highest BCUT2D eigenvalue weighted by Crippen LogP contribution is 2.18. The fourth-order valence-electron chi connectivity index (χ4n) is 1.66. The van der Waals surface area contributed by atoms with Gasteiger partial charge in [0.2, 0.25) is 0 Å². The molecule has 0 aliphatic rings. The second-order valence-corrected chi connectivity index (χ2v) is 6.29. The van der Waals surface area contributed by atoms with E-state index < -0.39 is 0 Å². The fourth-order valence-corrected chi connectivity index (χ4v) is 3.25. The van der Waals surface area contributed by atoms with E-state index in [1.165, 1.54) is 9.75 Å². The monoisotopic (exact) mass is 265 g/mol. The van der Waals surface area contributed by atoms with Crippen molar-refractivity contribution in [2.45, 2.75) is 33.1 Å². The number of rotatable bonds is 5. The second kappa shape index (κ2) is 5.56. The number of Topliss-reactive ketones (excluding diaryl/α,β-unsaturated/α-hetero) is 1. The molecule has 0 aliphatic heterocycles. The van der Waals surface area contributed by atoms with Gasteiger partial charge in [-0.3, -0.25) is 4.79 Å². The summed E-state index contributed by atoms with van der Waals surface area (Å²) >= 11 is 3.34. The Labute approximate surface area is 109 Å². The summed E-state index contributed by atoms with van der Waals surface area (Å²) in [7, 11) is 0. The maximum atomic E-state index is 11.9. The van der Waals surface area contributed by atoms with Crippen molar-refractivity contribution >= 4 is 28.5 Å². The molecule has 17 heavy (non-hydrogen) atoms. The number of aromatic nitrogens is 1. The Bertz CT molecular complexity index is 513. The highest BCUT2D eigenvalue weighted by Gasteiger charge is 2.09. The molecule has 0 bridgehead atoms. The molecule has 0 spiro atoms. The van der Waals surface area contributed by atoms with Crippen LogP contribution in [0.4, 0.5) is 0 Å². The summed E-state index contributed by atoms with van der Waals surface area (Å²) in [5.74, 6) is 0.250. The van der Waals surface area contributed by atoms with Gasteiger partial charge in [0.05, 0.1) is 10.7 Å². The van der Waals surface area contributed by atoms with Crippen LogP contribution in [0.25, 0.3) is 0 Å². The molecule has 0 saturated carbocycles. The minimum atomic E-state index is 0.250. The lowest BCUT2D eigenvalue weighted by molar-refractivity contribution is -0.117. The van der Waals surface area contributed by atoms with E-state index in [1.807, 2.05) is 12.3 Å². The van der Waals surface area contributed by atoms with Gasteiger partial charge in [-0.15, -0.1) is 22.7 Å². The SMILES string of the molecule is CCc1ccc(CC(=O)Cc2csc(C)n2)s1. The van der Waals surface area contributed by atoms with Crippen molar-refractivity contribution in [3.63, 3.8) is 0 Å². The summed E-state index contributed by atoms with van der Waals surface area (Å²) in [6.07, 6.45) is 2.05. The van der Waals surface area contributed by atoms with Gasteiger partial charge in [-0.1, -0.05) is 6.92 Å². The van der Waals surface area contributed by atoms with Crippen LogP contribution in [0.3, 0.4) is 0 Å². The van der Waals surface area contributed by atoms with Gasteiger partial charge >= 0.3 is 0 Å². The normalized spacial score (nSPS) is 10.7. The van der Waals surface area contributed by atoms with Crippen molar-refractivity contribution < 1.29 is 4.79 Å². The summed E-state index contributed by atoms with van der Waals surface area (Å²) in [4.78, 5) is 18.7. The minimum Gasteiger partial charge on any atom is -0.299 e. The molecule has 0 saturated heterocycles. The quantitative estimate of drug-likeness (QED) is 0.829. The molecule has 0 N–H and O–H groups in total. The molecule has 0 amide bonds. The fraction of sp³-hybridized carbons (Fsp3) is 0.385. The van der Waals surface area contributed by atoms with E-state index in [0.717, 1.165) is 17.1 Å². The van der Waals surface area contributed by atoms with Crippen molar-refractivity contribution in [3.05, 3.63) is 38.0 Å². The summed E-state index contributed by atoms with van der Waals surface area (Å²) in [5, 5.41) is 3.00. The van der Waals surface area contributed by atoms with Gasteiger partial charge in [-0.2, -0.15) is 0 Å². The van der Waals surface area contributed by atoms with Gasteiger partial charge in [0.1, 0.15) is 5.78 Å². The van der Waals surface area contributed by atoms with Gasteiger partial charge in [0.15, 0.2) is 0 Å². The van der Waals surface area contributed by atoms with Crippen LogP contribution in [-0.4, -0.2) is 10.8 Å². The van der Waals surface area contributed by atoms with Crippen molar-refractivity contribution in [1.29, 1.82) is 0 Å². The molecule has 4 heteroatoms. The zero-order valence-corrected chi connectivity index (χ0v) is 11.7. The molecule has 0 fully saturated rings. The smallest absolute Gasteiger partial charge is 0.144 e. The number of aryl methyl sites for hydroxylation is 2. The van der Waals surface area contributed by atoms with Crippen LogP contribution in [0.2, 0.25) is 0 Å². The first-order valence-electron chi connectivity index (χ1n) is 5.67. The molecule has 2 heterocycles. The van der Waals surface area contributed by atoms with E-state index in [9.17, 15) is 4.79 Å². The Morgan fingerprint density at radius 3 is 2.65 bits per heavy atom. The number of nitrogens with zero attached hydrogens (tertiary/aromatic N) is 1. The summed E-state index contributed by atoms with van der Waals surface area (Å²) < 4.78 is 0. The van der Waals surface area contributed by atoms with Gasteiger partial charge in [0, 0.05) is 28.0 Å². The number of hydrogen-bond acceptors (Lipinski definition) is 4. The zero-order chi connectivity index (χ0) is 12.3. The Morgan fingerprint density at radius 1 is 1.29 bits per heavy atom. The van der Waals surface area contributed by atoms with Crippen LogP contribution in [0.1, 0.15) is 27.4 Å². The molecule has 0 atom stereocenters. The number of hydrogen-bond donors (Lipinski definition) is 0. The zero-order valence-electron chi connectivity index (χ0n) is 10.0. The molecule has 0 radical (unpaired) electrons. The topological polar surface area (TPSA) is 30.0 Å². The molecule has 0 aliphatic carbocycles. The van der Waals surface area contributed by atoms with Crippen molar-refractivity contribution in [1.82, 2.24) is 4.98 Å². The first-order valence-corrected chi connectivity index (χ1v) is 7.37. The van der Waals surface area contributed by atoms with Gasteiger partial charge in [0.25, 0.3) is 0 Å². The van der Waals surface area contributed by atoms with Crippen LogP contribution < -0.4 is 0 Å². The lowest BCUT2D eigenvalue weighted by atomic mass is 10.1. The Morgan fingerprint density at radius 2 is 2.06 bits per heavy atom. The van der Waals surface area contributed by atoms with Crippen molar-refractivity contribution in [2.24, 2.45) is 0 Å². The highest BCUT2D eigenvalue weighted by atomic mass is 32.1. The summed E-state index contributed by atoms with van der Waals surface area (Å²) in [5.41, 5.74) is 0.907. The Kier molecular flexibility index (Phi) is 4.07. The molecular formula is C13H15NOS2. The van der Waals surface area contributed by atoms with E-state index in [1.54, 1.807) is 22.7 Å². The van der Waals surface area contributed by atoms with Crippen molar-refractivity contribution in [2.75, 3.05) is 0 Å². The Balaban J connectivity index is 1.93. The van der Waals surface area contributed by atoms with E-state index >= 15 is 0 Å². The average molecular weight is 265 g/mol. The molecule has 2 rings (SSSR count). The number of ketones is 1. The number of carbonyl (C=O) groups excluding carboxylic acids is 1. The van der Waals surface area contributed by atoms with Crippen molar-refractivity contribution in [3.8, 4) is 0 Å². The Hall–Kier alpha value is -1.00. The van der Waals surface area contributed by atoms with E-state index in [2.05, 4.69) is 24.0 Å². The van der Waals surface area contributed by atoms with Crippen LogP contribution in [0.5, 0.6) is 0 Å². The number of carbonyl (C=O) groups is 1. The number of thiophene rings is 1. The molecule has 2 nitrogen and oxygen atoms in total. The third-order valence-corrected chi connectivity index (χ3v) is 4.53. The molecular weight excluding hydrogens is 250 g/mol. The van der Waals surface area contributed by atoms with Gasteiger partial charge in [-0.05, 0) is 25.5 Å². The van der Waals surface area contributed by atoms with E-state index in [4.69, 9.17) is 0 Å². The first-order chi connectivity index (χ1) is 8.17. The highest BCUT2D eigenvalue weighted by molar-refractivity contribution is 7.12. The molecule has 2 aromatic rings. The molecule has 0 unspecified atom stereocenters. The lowest BCUT2D eigenvalue weighted by Crippen LogP contribution is -2.05. The van der Waals surface area contributed by atoms with Crippen LogP contribution in [0.15, 0.2) is 17.5 Å². The van der Waals surface area contributed by atoms with E-state index in [0.29, 0.717) is 12.8 Å². The summed E-state index contributed by atoms with van der Waals surface area (Å²) in [6.45, 7) is 4.10. The first kappa shape index (κ1) is 12.5. The standard InChI is InChI=1S/C13H15NOS2/c1-3-12-4-5-13(17-12)7-11(15)6-10-8-16-9(2)14-10/h4-5,8H,3,6-7H2,1-2H3. The van der Waals surface area contributed by atoms with Gasteiger partial charge in [-0.25, -0.2) is 4.98 Å². The maximum Gasteiger partial charge on any atom is 0.144 e. The largest absolute Gasteiger partial charge is 0.299 e. The summed E-state index contributed by atoms with van der Waals surface area (Å²) in [6, 6.07) is 4.17. The van der Waals surface area contributed by atoms with Gasteiger partial charge < -0.3 is 0 Å². The predicted molar refractivity (Wildman–Crippen MR) is 73.0 cm³/mol. The number of thiazole rings is 1. The van der Waals surface area contributed by atoms with Crippen LogP contribution in [-0.2, 0) is 24.1 Å². The third kappa shape index (κ3) is 3.48. The second-order valence-electron chi connectivity index (χ2n) is 3.97. The molecule has 2 aromatic heterocycles. The molecule has 0 aromatic carbocycles. The average Bonchev–Trinajstić information content (AvgIpc) is 2.88. The maximum absolute atomic E-state index is 11.9. The van der Waals surface area contributed by atoms with Crippen LogP contribution in [0, 0.1) is 6.92 Å². The molecule has 90 valence electrons. The lowest BCUT2D eigenvalue weighted by Gasteiger charge is -1.96. The third-order valence-electron chi connectivity index (χ3n) is 2.48. The predicted octanol–water partition coefficient (Wildman–Crippen LogP) is 3.43. The minimum absolute atomic E-state index is 0.250. The van der Waals surface area contributed by atoms with E-state index in [-0.39, 0.29) is 5.78 Å². The van der Waals surface area contributed by atoms with Crippen LogP contribution >= 0.6 is 22.7 Å².